The first kappa shape index (κ1) is 30.8. The number of urea groups is 1. The molecule has 2 heterocycles. The second-order valence-electron chi connectivity index (χ2n) is 11.5. The molecule has 2 aliphatic heterocycles. The number of amides is 2. The zero-order chi connectivity index (χ0) is 30.2. The lowest BCUT2D eigenvalue weighted by Crippen LogP contribution is -2.46. The molecule has 0 aliphatic carbocycles. The van der Waals surface area contributed by atoms with Crippen molar-refractivity contribution >= 4 is 11.8 Å². The predicted octanol–water partition coefficient (Wildman–Crippen LogP) is 3.79. The van der Waals surface area contributed by atoms with E-state index in [1.165, 1.54) is 6.92 Å². The smallest absolute Gasteiger partial charge is 0.315 e. The first-order valence-electron chi connectivity index (χ1n) is 14.9. The van der Waals surface area contributed by atoms with E-state index in [1.807, 2.05) is 78.9 Å². The molecular formula is C34H41N3O6. The second-order valence-corrected chi connectivity index (χ2v) is 11.5. The maximum atomic E-state index is 12.6. The van der Waals surface area contributed by atoms with Crippen LogP contribution in [0.2, 0.25) is 0 Å². The van der Waals surface area contributed by atoms with Crippen molar-refractivity contribution in [1.82, 2.24) is 15.5 Å². The first-order chi connectivity index (χ1) is 20.9. The van der Waals surface area contributed by atoms with Crippen LogP contribution >= 0.6 is 0 Å². The third-order valence-electron chi connectivity index (χ3n) is 8.11. The number of hydrogen-bond acceptors (Lipinski definition) is 7. The van der Waals surface area contributed by atoms with E-state index in [9.17, 15) is 19.8 Å². The maximum Gasteiger partial charge on any atom is 0.315 e. The highest BCUT2D eigenvalue weighted by Gasteiger charge is 2.34. The average Bonchev–Trinajstić information content (AvgIpc) is 3.44. The van der Waals surface area contributed by atoms with E-state index >= 15 is 0 Å². The molecule has 0 saturated carbocycles. The van der Waals surface area contributed by atoms with Crippen LogP contribution in [0.5, 0.6) is 0 Å². The molecule has 1 unspecified atom stereocenters. The molecule has 2 fully saturated rings. The minimum Gasteiger partial charge on any atom is -0.392 e. The Morgan fingerprint density at radius 1 is 0.930 bits per heavy atom. The third kappa shape index (κ3) is 8.72. The van der Waals surface area contributed by atoms with E-state index in [0.717, 1.165) is 40.8 Å². The number of aliphatic hydroxyl groups excluding tert-OH is 2. The van der Waals surface area contributed by atoms with Crippen molar-refractivity contribution in [2.24, 2.45) is 0 Å². The molecule has 0 radical (unpaired) electrons. The second kappa shape index (κ2) is 14.7. The molecule has 5 atom stereocenters. The molecule has 0 aromatic heterocycles. The van der Waals surface area contributed by atoms with E-state index in [2.05, 4.69) is 15.5 Å². The fourth-order valence-electron chi connectivity index (χ4n) is 5.63. The zero-order valence-electron chi connectivity index (χ0n) is 24.5. The summed E-state index contributed by atoms with van der Waals surface area (Å²) in [6.45, 7) is 3.98. The van der Waals surface area contributed by atoms with E-state index in [1.54, 1.807) is 0 Å². The monoisotopic (exact) mass is 587 g/mol. The first-order valence-corrected chi connectivity index (χ1v) is 14.9. The van der Waals surface area contributed by atoms with Crippen LogP contribution in [0.15, 0.2) is 78.9 Å². The summed E-state index contributed by atoms with van der Waals surface area (Å²) in [5.41, 5.74) is 4.63. The molecule has 0 bridgehead atoms. The van der Waals surface area contributed by atoms with Crippen molar-refractivity contribution < 1.29 is 29.3 Å². The van der Waals surface area contributed by atoms with Gasteiger partial charge in [-0.05, 0) is 42.0 Å². The number of ketones is 1. The molecule has 43 heavy (non-hydrogen) atoms. The van der Waals surface area contributed by atoms with Crippen molar-refractivity contribution in [3.05, 3.63) is 107 Å². The summed E-state index contributed by atoms with van der Waals surface area (Å²) in [6.07, 6.45) is 0.761. The Kier molecular flexibility index (Phi) is 10.6. The van der Waals surface area contributed by atoms with Gasteiger partial charge in [0, 0.05) is 38.2 Å². The van der Waals surface area contributed by atoms with Crippen LogP contribution in [0, 0.1) is 0 Å². The van der Waals surface area contributed by atoms with Gasteiger partial charge >= 0.3 is 6.03 Å². The molecular weight excluding hydrogens is 546 g/mol. The molecule has 9 nitrogen and oxygen atoms in total. The number of ether oxygens (including phenoxy) is 2. The number of aliphatic hydroxyl groups is 2. The van der Waals surface area contributed by atoms with Crippen LogP contribution in [-0.4, -0.2) is 64.8 Å². The zero-order valence-corrected chi connectivity index (χ0v) is 24.5. The number of β-amino-alcohol motifs (C(OH)–C–C–N with tert-alkyl or cyclic N) is 1. The normalized spacial score (nSPS) is 23.0. The van der Waals surface area contributed by atoms with Crippen molar-refractivity contribution in [1.29, 1.82) is 0 Å². The van der Waals surface area contributed by atoms with Crippen molar-refractivity contribution in [2.45, 2.75) is 70.0 Å². The van der Waals surface area contributed by atoms with E-state index in [0.29, 0.717) is 32.5 Å². The van der Waals surface area contributed by atoms with Gasteiger partial charge < -0.3 is 30.3 Å². The SMILES string of the molecule is CC(=O)[C@@H](Cc1ccccc1)NC(=O)NCc1ccc(C2O[C@H](CN3CC[C@@H](O)C3)C[C@H](c3ccc(CO)cc3)O2)cc1. The molecule has 2 saturated heterocycles. The number of carbonyl (C=O) groups is 2. The van der Waals surface area contributed by atoms with E-state index in [-0.39, 0.29) is 30.7 Å². The van der Waals surface area contributed by atoms with Crippen LogP contribution in [0.3, 0.4) is 0 Å². The van der Waals surface area contributed by atoms with Gasteiger partial charge in [0.25, 0.3) is 0 Å². The summed E-state index contributed by atoms with van der Waals surface area (Å²) in [5.74, 6) is -0.0994. The highest BCUT2D eigenvalue weighted by molar-refractivity contribution is 5.87. The molecule has 3 aromatic carbocycles. The van der Waals surface area contributed by atoms with Crippen LogP contribution in [-0.2, 0) is 33.8 Å². The van der Waals surface area contributed by atoms with Gasteiger partial charge in [0.15, 0.2) is 12.1 Å². The predicted molar refractivity (Wildman–Crippen MR) is 162 cm³/mol. The number of benzene rings is 3. The third-order valence-corrected chi connectivity index (χ3v) is 8.11. The fourth-order valence-corrected chi connectivity index (χ4v) is 5.63. The van der Waals surface area contributed by atoms with Gasteiger partial charge in [-0.3, -0.25) is 9.69 Å². The van der Waals surface area contributed by atoms with Gasteiger partial charge in [0.1, 0.15) is 0 Å². The Balaban J connectivity index is 1.20. The summed E-state index contributed by atoms with van der Waals surface area (Å²) in [4.78, 5) is 27.0. The Morgan fingerprint density at radius 2 is 1.63 bits per heavy atom. The molecule has 0 spiro atoms. The number of nitrogens with one attached hydrogen (secondary N) is 2. The number of likely N-dealkylation sites (tertiary alicyclic amines) is 1. The van der Waals surface area contributed by atoms with Crippen LogP contribution in [0.25, 0.3) is 0 Å². The summed E-state index contributed by atoms with van der Waals surface area (Å²) < 4.78 is 12.9. The molecule has 9 heteroatoms. The minimum absolute atomic E-state index is 0.00862. The van der Waals surface area contributed by atoms with Crippen molar-refractivity contribution in [3.8, 4) is 0 Å². The summed E-state index contributed by atoms with van der Waals surface area (Å²) in [7, 11) is 0. The van der Waals surface area contributed by atoms with Crippen LogP contribution in [0.1, 0.15) is 60.0 Å². The van der Waals surface area contributed by atoms with Gasteiger partial charge in [0.2, 0.25) is 0 Å². The highest BCUT2D eigenvalue weighted by Crippen LogP contribution is 2.38. The summed E-state index contributed by atoms with van der Waals surface area (Å²) in [6, 6.07) is 24.2. The molecule has 5 rings (SSSR count). The fraction of sp³-hybridized carbons (Fsp3) is 0.412. The molecule has 2 amide bonds. The molecule has 228 valence electrons. The Morgan fingerprint density at radius 3 is 2.28 bits per heavy atom. The minimum atomic E-state index is -0.602. The Bertz CT molecular complexity index is 1330. The van der Waals surface area contributed by atoms with Crippen molar-refractivity contribution in [2.75, 3.05) is 19.6 Å². The van der Waals surface area contributed by atoms with Crippen molar-refractivity contribution in [3.63, 3.8) is 0 Å². The van der Waals surface area contributed by atoms with Gasteiger partial charge in [-0.1, -0.05) is 78.9 Å². The van der Waals surface area contributed by atoms with Gasteiger partial charge in [0.05, 0.1) is 31.0 Å². The van der Waals surface area contributed by atoms with Crippen LogP contribution in [0.4, 0.5) is 4.79 Å². The quantitative estimate of drug-likeness (QED) is 0.270. The Labute approximate surface area is 252 Å². The topological polar surface area (TPSA) is 120 Å². The number of carbonyl (C=O) groups excluding carboxylic acids is 2. The Hall–Kier alpha value is -3.60. The van der Waals surface area contributed by atoms with E-state index in [4.69, 9.17) is 9.47 Å². The summed E-state index contributed by atoms with van der Waals surface area (Å²) >= 11 is 0. The lowest BCUT2D eigenvalue weighted by molar-refractivity contribution is -0.252. The van der Waals surface area contributed by atoms with Crippen LogP contribution < -0.4 is 10.6 Å². The molecule has 4 N–H and O–H groups in total. The van der Waals surface area contributed by atoms with Gasteiger partial charge in [-0.25, -0.2) is 4.79 Å². The number of rotatable bonds is 11. The highest BCUT2D eigenvalue weighted by atomic mass is 16.7. The number of nitrogens with zero attached hydrogens (tertiary/aromatic N) is 1. The molecule has 3 aromatic rings. The maximum absolute atomic E-state index is 12.6. The van der Waals surface area contributed by atoms with Gasteiger partial charge in [-0.2, -0.15) is 0 Å². The lowest BCUT2D eigenvalue weighted by atomic mass is 9.99. The lowest BCUT2D eigenvalue weighted by Gasteiger charge is -2.37. The standard InChI is InChI=1S/C34H41N3O6/c1-23(39)31(17-24-5-3-2-4-6-24)36-34(41)35-19-25-7-13-28(14-8-25)33-42-30(21-37-16-15-29(40)20-37)18-32(43-33)27-11-9-26(22-38)10-12-27/h2-14,29-33,38,40H,15-22H2,1H3,(H2,35,36,41)/t29-,30+,31-,32-,33?/m1/s1. The summed E-state index contributed by atoms with van der Waals surface area (Å²) in [5, 5.41) is 25.1. The number of hydrogen-bond donors (Lipinski definition) is 4. The average molecular weight is 588 g/mol. The number of Topliss-reactive ketones (excluding diaryl/α,β-unsaturated/α-hetero) is 1. The van der Waals surface area contributed by atoms with E-state index < -0.39 is 18.4 Å². The van der Waals surface area contributed by atoms with Gasteiger partial charge in [-0.15, -0.1) is 0 Å². The largest absolute Gasteiger partial charge is 0.392 e. The molecule has 2 aliphatic rings.